The van der Waals surface area contributed by atoms with Crippen LogP contribution in [0, 0.1) is 0 Å². The summed E-state index contributed by atoms with van der Waals surface area (Å²) in [6.45, 7) is 5.41. The van der Waals surface area contributed by atoms with Gasteiger partial charge in [0.25, 0.3) is 0 Å². The fourth-order valence-corrected chi connectivity index (χ4v) is 2.15. The molecule has 20 heavy (non-hydrogen) atoms. The second-order valence-corrected chi connectivity index (χ2v) is 4.70. The number of nitrogens with one attached hydrogen (secondary N) is 1. The lowest BCUT2D eigenvalue weighted by Crippen LogP contribution is -2.08. The Hall–Kier alpha value is -1.36. The molecule has 0 amide bonds. The third-order valence-electron chi connectivity index (χ3n) is 3.09. The second-order valence-electron chi connectivity index (χ2n) is 4.70. The van der Waals surface area contributed by atoms with E-state index in [0.717, 1.165) is 35.3 Å². The van der Waals surface area contributed by atoms with Gasteiger partial charge in [0.1, 0.15) is 11.3 Å². The molecule has 0 aliphatic rings. The van der Waals surface area contributed by atoms with Crippen LogP contribution in [0.3, 0.4) is 0 Å². The number of para-hydroxylation sites is 1. The van der Waals surface area contributed by atoms with Gasteiger partial charge in [-0.25, -0.2) is 0 Å². The van der Waals surface area contributed by atoms with Crippen molar-refractivity contribution in [3.8, 4) is 0 Å². The lowest BCUT2D eigenvalue weighted by molar-refractivity contribution is 0.0406. The summed E-state index contributed by atoms with van der Waals surface area (Å²) in [4.78, 5) is 0. The van der Waals surface area contributed by atoms with Gasteiger partial charge in [0, 0.05) is 17.6 Å². The minimum atomic E-state index is 0.559. The quantitative estimate of drug-likeness (QED) is 0.715. The van der Waals surface area contributed by atoms with Crippen LogP contribution in [0.15, 0.2) is 28.7 Å². The standard InChI is InChI=1S/C16H23NO3/c1-3-8-18-9-10-19-12-14-13-6-4-5-7-15(13)20-16(14)11-17-2/h4-7,17H,3,8-12H2,1-2H3. The highest BCUT2D eigenvalue weighted by Crippen LogP contribution is 2.26. The molecule has 2 rings (SSSR count). The van der Waals surface area contributed by atoms with Crippen LogP contribution in [-0.4, -0.2) is 26.9 Å². The maximum Gasteiger partial charge on any atom is 0.134 e. The van der Waals surface area contributed by atoms with Gasteiger partial charge >= 0.3 is 0 Å². The van der Waals surface area contributed by atoms with E-state index in [1.165, 1.54) is 0 Å². The predicted molar refractivity (Wildman–Crippen MR) is 79.7 cm³/mol. The van der Waals surface area contributed by atoms with E-state index in [9.17, 15) is 0 Å². The number of benzene rings is 1. The van der Waals surface area contributed by atoms with Crippen molar-refractivity contribution in [3.63, 3.8) is 0 Å². The molecule has 1 N–H and O–H groups in total. The van der Waals surface area contributed by atoms with Crippen molar-refractivity contribution in [2.24, 2.45) is 0 Å². The number of ether oxygens (including phenoxy) is 2. The van der Waals surface area contributed by atoms with Gasteiger partial charge in [-0.1, -0.05) is 25.1 Å². The van der Waals surface area contributed by atoms with Crippen LogP contribution in [0.5, 0.6) is 0 Å². The Morgan fingerprint density at radius 1 is 1.10 bits per heavy atom. The summed E-state index contributed by atoms with van der Waals surface area (Å²) in [5.74, 6) is 0.947. The SMILES string of the molecule is CCCOCCOCc1c(CNC)oc2ccccc12. The lowest BCUT2D eigenvalue weighted by atomic mass is 10.1. The van der Waals surface area contributed by atoms with Gasteiger partial charge < -0.3 is 19.2 Å². The summed E-state index contributed by atoms with van der Waals surface area (Å²) < 4.78 is 17.0. The second kappa shape index (κ2) is 8.04. The molecule has 0 radical (unpaired) electrons. The van der Waals surface area contributed by atoms with Gasteiger partial charge in [0.2, 0.25) is 0 Å². The Morgan fingerprint density at radius 3 is 2.70 bits per heavy atom. The van der Waals surface area contributed by atoms with Crippen molar-refractivity contribution in [1.82, 2.24) is 5.32 Å². The molecule has 0 aliphatic carbocycles. The van der Waals surface area contributed by atoms with E-state index in [2.05, 4.69) is 18.3 Å². The molecule has 0 spiro atoms. The highest BCUT2D eigenvalue weighted by Gasteiger charge is 2.13. The molecule has 4 heteroatoms. The highest BCUT2D eigenvalue weighted by atomic mass is 16.5. The first-order valence-electron chi connectivity index (χ1n) is 7.16. The molecule has 0 bridgehead atoms. The van der Waals surface area contributed by atoms with E-state index >= 15 is 0 Å². The smallest absolute Gasteiger partial charge is 0.134 e. The van der Waals surface area contributed by atoms with Crippen molar-refractivity contribution in [2.45, 2.75) is 26.5 Å². The number of hydrogen-bond donors (Lipinski definition) is 1. The molecule has 0 unspecified atom stereocenters. The topological polar surface area (TPSA) is 43.6 Å². The van der Waals surface area contributed by atoms with E-state index in [1.54, 1.807) is 0 Å². The zero-order valence-corrected chi connectivity index (χ0v) is 12.3. The average molecular weight is 277 g/mol. The van der Waals surface area contributed by atoms with Crippen molar-refractivity contribution < 1.29 is 13.9 Å². The normalized spacial score (nSPS) is 11.3. The summed E-state index contributed by atoms with van der Waals surface area (Å²) in [5.41, 5.74) is 2.05. The van der Waals surface area contributed by atoms with Gasteiger partial charge in [0.05, 0.1) is 26.4 Å². The van der Waals surface area contributed by atoms with Gasteiger partial charge in [-0.15, -0.1) is 0 Å². The lowest BCUT2D eigenvalue weighted by Gasteiger charge is -2.06. The highest BCUT2D eigenvalue weighted by molar-refractivity contribution is 5.82. The van der Waals surface area contributed by atoms with E-state index in [4.69, 9.17) is 13.9 Å². The first kappa shape index (κ1) is 15.0. The maximum atomic E-state index is 5.86. The summed E-state index contributed by atoms with van der Waals surface area (Å²) in [6.07, 6.45) is 1.04. The van der Waals surface area contributed by atoms with Crippen molar-refractivity contribution in [3.05, 3.63) is 35.6 Å². The van der Waals surface area contributed by atoms with Crippen LogP contribution in [0.2, 0.25) is 0 Å². The maximum absolute atomic E-state index is 5.86. The van der Waals surface area contributed by atoms with Crippen molar-refractivity contribution >= 4 is 11.0 Å². The fourth-order valence-electron chi connectivity index (χ4n) is 2.15. The first-order chi connectivity index (χ1) is 9.86. The minimum Gasteiger partial charge on any atom is -0.459 e. The number of furan rings is 1. The molecule has 0 atom stereocenters. The van der Waals surface area contributed by atoms with E-state index in [-0.39, 0.29) is 0 Å². The minimum absolute atomic E-state index is 0.559. The zero-order valence-electron chi connectivity index (χ0n) is 12.3. The van der Waals surface area contributed by atoms with Crippen LogP contribution < -0.4 is 5.32 Å². The molecule has 1 aromatic carbocycles. The van der Waals surface area contributed by atoms with E-state index in [1.807, 2.05) is 25.2 Å². The summed E-state index contributed by atoms with van der Waals surface area (Å²) in [7, 11) is 1.91. The molecule has 2 aromatic rings. The number of rotatable bonds is 9. The van der Waals surface area contributed by atoms with E-state index < -0.39 is 0 Å². The molecule has 1 aromatic heterocycles. The summed E-state index contributed by atoms with van der Waals surface area (Å²) >= 11 is 0. The van der Waals surface area contributed by atoms with Crippen molar-refractivity contribution in [1.29, 1.82) is 0 Å². The van der Waals surface area contributed by atoms with Crippen LogP contribution >= 0.6 is 0 Å². The largest absolute Gasteiger partial charge is 0.459 e. The third kappa shape index (κ3) is 3.82. The Labute approximate surface area is 120 Å². The first-order valence-corrected chi connectivity index (χ1v) is 7.16. The Morgan fingerprint density at radius 2 is 1.90 bits per heavy atom. The Kier molecular flexibility index (Phi) is 6.05. The number of fused-ring (bicyclic) bond motifs is 1. The zero-order chi connectivity index (χ0) is 14.2. The molecule has 0 saturated heterocycles. The molecule has 0 saturated carbocycles. The number of hydrogen-bond acceptors (Lipinski definition) is 4. The Balaban J connectivity index is 1.98. The monoisotopic (exact) mass is 277 g/mol. The average Bonchev–Trinajstić information content (AvgIpc) is 2.81. The van der Waals surface area contributed by atoms with Gasteiger partial charge in [0.15, 0.2) is 0 Å². The van der Waals surface area contributed by atoms with E-state index in [0.29, 0.717) is 26.4 Å². The van der Waals surface area contributed by atoms with Crippen LogP contribution in [0.4, 0.5) is 0 Å². The molecular formula is C16H23NO3. The molecule has 4 nitrogen and oxygen atoms in total. The summed E-state index contributed by atoms with van der Waals surface area (Å²) in [6, 6.07) is 8.07. The molecule has 110 valence electrons. The van der Waals surface area contributed by atoms with Gasteiger partial charge in [-0.2, -0.15) is 0 Å². The van der Waals surface area contributed by atoms with Crippen LogP contribution in [-0.2, 0) is 22.6 Å². The fraction of sp³-hybridized carbons (Fsp3) is 0.500. The summed E-state index contributed by atoms with van der Waals surface area (Å²) in [5, 5.41) is 4.26. The molecular weight excluding hydrogens is 254 g/mol. The predicted octanol–water partition coefficient (Wildman–Crippen LogP) is 3.10. The Bertz CT molecular complexity index is 521. The molecule has 0 aliphatic heterocycles. The van der Waals surface area contributed by atoms with Gasteiger partial charge in [-0.3, -0.25) is 0 Å². The van der Waals surface area contributed by atoms with Gasteiger partial charge in [-0.05, 0) is 19.5 Å². The van der Waals surface area contributed by atoms with Crippen LogP contribution in [0.25, 0.3) is 11.0 Å². The van der Waals surface area contributed by atoms with Crippen molar-refractivity contribution in [2.75, 3.05) is 26.9 Å². The van der Waals surface area contributed by atoms with Crippen LogP contribution in [0.1, 0.15) is 24.7 Å². The molecule has 1 heterocycles. The third-order valence-corrected chi connectivity index (χ3v) is 3.09. The molecule has 0 fully saturated rings.